The fraction of sp³-hybridized carbons (Fsp3) is 0.909. The van der Waals surface area contributed by atoms with Crippen LogP contribution in [0.25, 0.3) is 0 Å². The molecule has 0 saturated carbocycles. The maximum absolute atomic E-state index is 11.4. The van der Waals surface area contributed by atoms with Crippen molar-refractivity contribution in [3.8, 4) is 0 Å². The molecule has 5 nitrogen and oxygen atoms in total. The Morgan fingerprint density at radius 2 is 1.88 bits per heavy atom. The second kappa shape index (κ2) is 8.85. The number of likely N-dealkylation sites (tertiary alicyclic amines) is 1. The lowest BCUT2D eigenvalue weighted by molar-refractivity contribution is -0.128. The quantitative estimate of drug-likeness (QED) is 0.464. The Balaban J connectivity index is 1.89. The second-order valence-electron chi connectivity index (χ2n) is 3.86. The van der Waals surface area contributed by atoms with Gasteiger partial charge in [-0.1, -0.05) is 15.9 Å². The summed E-state index contributed by atoms with van der Waals surface area (Å²) in [5, 5.41) is 0. The highest BCUT2D eigenvalue weighted by Crippen LogP contribution is 2.17. The Bertz CT molecular complexity index is 228. The lowest BCUT2D eigenvalue weighted by atomic mass is 10.4. The van der Waals surface area contributed by atoms with Crippen LogP contribution in [0.15, 0.2) is 0 Å². The van der Waals surface area contributed by atoms with Crippen LogP contribution >= 0.6 is 15.9 Å². The second-order valence-corrected chi connectivity index (χ2v) is 5.15. The van der Waals surface area contributed by atoms with Gasteiger partial charge in [-0.05, 0) is 0 Å². The van der Waals surface area contributed by atoms with Crippen LogP contribution in [0.3, 0.4) is 0 Å². The molecule has 1 saturated heterocycles. The molecule has 6 heteroatoms. The van der Waals surface area contributed by atoms with Gasteiger partial charge in [0.15, 0.2) is 0 Å². The molecular formula is C11H20BrNO4. The molecule has 0 spiro atoms. The summed E-state index contributed by atoms with van der Waals surface area (Å²) >= 11 is 3.44. The standard InChI is InChI=1S/C11H20BrNO4/c1-15-4-5-17-7-6-16-3-2-13-9-10(12)8-11(13)14/h10H,2-9H2,1H3. The van der Waals surface area contributed by atoms with Gasteiger partial charge >= 0.3 is 0 Å². The number of hydrogen-bond donors (Lipinski definition) is 0. The van der Waals surface area contributed by atoms with E-state index in [0.717, 1.165) is 6.54 Å². The van der Waals surface area contributed by atoms with Gasteiger partial charge in [0.05, 0.1) is 33.0 Å². The lowest BCUT2D eigenvalue weighted by Crippen LogP contribution is -2.29. The molecular weight excluding hydrogens is 290 g/mol. The fourth-order valence-corrected chi connectivity index (χ4v) is 2.21. The molecule has 0 bridgehead atoms. The van der Waals surface area contributed by atoms with Crippen molar-refractivity contribution in [3.63, 3.8) is 0 Å². The van der Waals surface area contributed by atoms with Crippen molar-refractivity contribution >= 4 is 21.8 Å². The molecule has 1 amide bonds. The zero-order valence-electron chi connectivity index (χ0n) is 10.2. The topological polar surface area (TPSA) is 48.0 Å². The zero-order valence-corrected chi connectivity index (χ0v) is 11.8. The van der Waals surface area contributed by atoms with Crippen molar-refractivity contribution in [1.82, 2.24) is 4.90 Å². The van der Waals surface area contributed by atoms with Crippen LogP contribution in [0.5, 0.6) is 0 Å². The van der Waals surface area contributed by atoms with E-state index < -0.39 is 0 Å². The van der Waals surface area contributed by atoms with Crippen LogP contribution in [0.4, 0.5) is 0 Å². The fourth-order valence-electron chi connectivity index (χ4n) is 1.58. The predicted molar refractivity (Wildman–Crippen MR) is 67.4 cm³/mol. The van der Waals surface area contributed by atoms with E-state index in [9.17, 15) is 4.79 Å². The average molecular weight is 310 g/mol. The van der Waals surface area contributed by atoms with E-state index in [0.29, 0.717) is 50.8 Å². The molecule has 0 aromatic heterocycles. The van der Waals surface area contributed by atoms with Gasteiger partial charge < -0.3 is 19.1 Å². The number of hydrogen-bond acceptors (Lipinski definition) is 4. The summed E-state index contributed by atoms with van der Waals surface area (Å²) in [6.45, 7) is 4.34. The van der Waals surface area contributed by atoms with Gasteiger partial charge in [-0.15, -0.1) is 0 Å². The number of halogens is 1. The number of rotatable bonds is 9. The Kier molecular flexibility index (Phi) is 7.75. The first-order valence-corrected chi connectivity index (χ1v) is 6.72. The first-order chi connectivity index (χ1) is 8.24. The molecule has 0 aromatic rings. The summed E-state index contributed by atoms with van der Waals surface area (Å²) in [4.78, 5) is 13.5. The number of carbonyl (C=O) groups is 1. The Labute approximate surface area is 111 Å². The van der Waals surface area contributed by atoms with E-state index in [1.54, 1.807) is 7.11 Å². The monoisotopic (exact) mass is 309 g/mol. The highest BCUT2D eigenvalue weighted by atomic mass is 79.9. The van der Waals surface area contributed by atoms with Crippen LogP contribution in [0, 0.1) is 0 Å². The number of ether oxygens (including phenoxy) is 3. The van der Waals surface area contributed by atoms with E-state index in [1.165, 1.54) is 0 Å². The van der Waals surface area contributed by atoms with Gasteiger partial charge in [0, 0.05) is 31.4 Å². The third-order valence-electron chi connectivity index (χ3n) is 2.48. The predicted octanol–water partition coefficient (Wildman–Crippen LogP) is 0.662. The van der Waals surface area contributed by atoms with E-state index in [2.05, 4.69) is 15.9 Å². The minimum Gasteiger partial charge on any atom is -0.382 e. The SMILES string of the molecule is COCCOCCOCCN1CC(Br)CC1=O. The minimum absolute atomic E-state index is 0.201. The third kappa shape index (κ3) is 6.35. The molecule has 0 N–H and O–H groups in total. The minimum atomic E-state index is 0.201. The van der Waals surface area contributed by atoms with Gasteiger partial charge in [0.1, 0.15) is 0 Å². The summed E-state index contributed by atoms with van der Waals surface area (Å²) in [7, 11) is 1.64. The molecule has 0 radical (unpaired) electrons. The molecule has 0 aliphatic carbocycles. The van der Waals surface area contributed by atoms with Crippen LogP contribution in [0.2, 0.25) is 0 Å². The largest absolute Gasteiger partial charge is 0.382 e. The molecule has 1 rings (SSSR count). The van der Waals surface area contributed by atoms with Crippen molar-refractivity contribution < 1.29 is 19.0 Å². The molecule has 1 unspecified atom stereocenters. The molecule has 1 heterocycles. The molecule has 1 aliphatic heterocycles. The van der Waals surface area contributed by atoms with E-state index in [-0.39, 0.29) is 5.91 Å². The average Bonchev–Trinajstić information content (AvgIpc) is 2.61. The van der Waals surface area contributed by atoms with E-state index in [4.69, 9.17) is 14.2 Å². The highest BCUT2D eigenvalue weighted by molar-refractivity contribution is 9.09. The van der Waals surface area contributed by atoms with Gasteiger partial charge in [-0.25, -0.2) is 0 Å². The first kappa shape index (κ1) is 14.9. The van der Waals surface area contributed by atoms with Crippen LogP contribution < -0.4 is 0 Å². The van der Waals surface area contributed by atoms with E-state index in [1.807, 2.05) is 4.90 Å². The van der Waals surface area contributed by atoms with Gasteiger partial charge in [0.2, 0.25) is 5.91 Å². The maximum atomic E-state index is 11.4. The van der Waals surface area contributed by atoms with Gasteiger partial charge in [-0.2, -0.15) is 0 Å². The van der Waals surface area contributed by atoms with Crippen molar-refractivity contribution in [2.24, 2.45) is 0 Å². The maximum Gasteiger partial charge on any atom is 0.223 e. The molecule has 1 aliphatic rings. The van der Waals surface area contributed by atoms with Gasteiger partial charge in [0.25, 0.3) is 0 Å². The number of nitrogens with zero attached hydrogens (tertiary/aromatic N) is 1. The van der Waals surface area contributed by atoms with Crippen LogP contribution in [-0.4, -0.2) is 68.9 Å². The van der Waals surface area contributed by atoms with Crippen LogP contribution in [0.1, 0.15) is 6.42 Å². The summed E-state index contributed by atoms with van der Waals surface area (Å²) in [6, 6.07) is 0. The van der Waals surface area contributed by atoms with Crippen molar-refractivity contribution in [2.45, 2.75) is 11.2 Å². The zero-order chi connectivity index (χ0) is 12.5. The van der Waals surface area contributed by atoms with Crippen LogP contribution in [-0.2, 0) is 19.0 Å². The highest BCUT2D eigenvalue weighted by Gasteiger charge is 2.26. The first-order valence-electron chi connectivity index (χ1n) is 5.80. The smallest absolute Gasteiger partial charge is 0.223 e. The Morgan fingerprint density at radius 3 is 2.47 bits per heavy atom. The Hall–Kier alpha value is -0.170. The van der Waals surface area contributed by atoms with Gasteiger partial charge in [-0.3, -0.25) is 4.79 Å². The summed E-state index contributed by atoms with van der Waals surface area (Å²) in [6.07, 6.45) is 0.597. The summed E-state index contributed by atoms with van der Waals surface area (Å²) < 4.78 is 15.5. The molecule has 1 fully saturated rings. The molecule has 100 valence electrons. The normalized spacial score (nSPS) is 20.2. The number of amides is 1. The summed E-state index contributed by atoms with van der Waals surface area (Å²) in [5.41, 5.74) is 0. The number of carbonyl (C=O) groups excluding carboxylic acids is 1. The third-order valence-corrected chi connectivity index (χ3v) is 3.09. The Morgan fingerprint density at radius 1 is 1.24 bits per heavy atom. The molecule has 1 atom stereocenters. The van der Waals surface area contributed by atoms with Crippen molar-refractivity contribution in [3.05, 3.63) is 0 Å². The summed E-state index contributed by atoms with van der Waals surface area (Å²) in [5.74, 6) is 0.201. The molecule has 0 aromatic carbocycles. The molecule has 17 heavy (non-hydrogen) atoms. The van der Waals surface area contributed by atoms with E-state index >= 15 is 0 Å². The van der Waals surface area contributed by atoms with Crippen molar-refractivity contribution in [2.75, 3.05) is 53.2 Å². The lowest BCUT2D eigenvalue weighted by Gasteiger charge is -2.15. The number of alkyl halides is 1. The van der Waals surface area contributed by atoms with Crippen molar-refractivity contribution in [1.29, 1.82) is 0 Å². The number of methoxy groups -OCH3 is 1.